The highest BCUT2D eigenvalue weighted by molar-refractivity contribution is 9.10. The zero-order chi connectivity index (χ0) is 11.4. The van der Waals surface area contributed by atoms with E-state index in [-0.39, 0.29) is 6.10 Å². The highest BCUT2D eigenvalue weighted by atomic mass is 79.9. The monoisotopic (exact) mass is 276 g/mol. The van der Waals surface area contributed by atoms with Gasteiger partial charge in [-0.1, -0.05) is 6.08 Å². The maximum absolute atomic E-state index is 12.9. The van der Waals surface area contributed by atoms with Crippen molar-refractivity contribution in [2.24, 2.45) is 0 Å². The number of rotatable bonds is 4. The van der Waals surface area contributed by atoms with Crippen LogP contribution in [0.3, 0.4) is 0 Å². The summed E-state index contributed by atoms with van der Waals surface area (Å²) in [6.07, 6.45) is 2.23. The summed E-state index contributed by atoms with van der Waals surface area (Å²) in [6, 6.07) is 2.07. The van der Waals surface area contributed by atoms with Gasteiger partial charge in [0.25, 0.3) is 0 Å². The summed E-state index contributed by atoms with van der Waals surface area (Å²) in [7, 11) is 0. The van der Waals surface area contributed by atoms with Crippen LogP contribution in [0.25, 0.3) is 0 Å². The number of hydrogen-bond donors (Lipinski definition) is 0. The van der Waals surface area contributed by atoms with E-state index < -0.39 is 11.6 Å². The lowest BCUT2D eigenvalue weighted by atomic mass is 10.2. The van der Waals surface area contributed by atoms with Crippen molar-refractivity contribution < 1.29 is 13.5 Å². The zero-order valence-corrected chi connectivity index (χ0v) is 9.85. The van der Waals surface area contributed by atoms with Gasteiger partial charge < -0.3 is 4.74 Å². The molecular weight excluding hydrogens is 266 g/mol. The SMILES string of the molecule is C=CC[C@@H](C)Oc1cc(F)c(F)cc1Br. The molecule has 4 heteroatoms. The smallest absolute Gasteiger partial charge is 0.162 e. The molecule has 0 amide bonds. The molecule has 0 N–H and O–H groups in total. The average molecular weight is 277 g/mol. The molecule has 1 rings (SSSR count). The van der Waals surface area contributed by atoms with Crippen molar-refractivity contribution in [2.45, 2.75) is 19.4 Å². The van der Waals surface area contributed by atoms with Gasteiger partial charge in [0.15, 0.2) is 11.6 Å². The molecule has 0 radical (unpaired) electrons. The Labute approximate surface area is 95.9 Å². The zero-order valence-electron chi connectivity index (χ0n) is 8.27. The fraction of sp³-hybridized carbons (Fsp3) is 0.273. The largest absolute Gasteiger partial charge is 0.489 e. The second kappa shape index (κ2) is 5.26. The Kier molecular flexibility index (Phi) is 4.27. The fourth-order valence-electron chi connectivity index (χ4n) is 1.09. The quantitative estimate of drug-likeness (QED) is 0.595. The maximum Gasteiger partial charge on any atom is 0.162 e. The average Bonchev–Trinajstić information content (AvgIpc) is 2.14. The van der Waals surface area contributed by atoms with Gasteiger partial charge >= 0.3 is 0 Å². The topological polar surface area (TPSA) is 9.23 Å². The highest BCUT2D eigenvalue weighted by Gasteiger charge is 2.11. The van der Waals surface area contributed by atoms with Crippen LogP contribution < -0.4 is 4.74 Å². The lowest BCUT2D eigenvalue weighted by Gasteiger charge is -2.14. The van der Waals surface area contributed by atoms with Crippen molar-refractivity contribution in [2.75, 3.05) is 0 Å². The first-order valence-electron chi connectivity index (χ1n) is 4.46. The van der Waals surface area contributed by atoms with E-state index >= 15 is 0 Å². The normalized spacial score (nSPS) is 12.3. The van der Waals surface area contributed by atoms with Crippen LogP contribution in [0.1, 0.15) is 13.3 Å². The first-order valence-corrected chi connectivity index (χ1v) is 5.26. The summed E-state index contributed by atoms with van der Waals surface area (Å²) >= 11 is 3.10. The molecule has 0 aliphatic rings. The van der Waals surface area contributed by atoms with Crippen LogP contribution in [-0.2, 0) is 0 Å². The van der Waals surface area contributed by atoms with E-state index in [1.54, 1.807) is 6.08 Å². The number of benzene rings is 1. The van der Waals surface area contributed by atoms with Gasteiger partial charge in [0.2, 0.25) is 0 Å². The summed E-state index contributed by atoms with van der Waals surface area (Å²) in [5.74, 6) is -1.52. The fourth-order valence-corrected chi connectivity index (χ4v) is 1.50. The Morgan fingerprint density at radius 2 is 2.07 bits per heavy atom. The number of halogens is 3. The van der Waals surface area contributed by atoms with Gasteiger partial charge in [-0.2, -0.15) is 0 Å². The second-order valence-corrected chi connectivity index (χ2v) is 4.00. The van der Waals surface area contributed by atoms with Crippen LogP contribution in [0.4, 0.5) is 8.78 Å². The van der Waals surface area contributed by atoms with E-state index in [9.17, 15) is 8.78 Å². The summed E-state index contributed by atoms with van der Waals surface area (Å²) < 4.78 is 31.5. The predicted molar refractivity (Wildman–Crippen MR) is 59.0 cm³/mol. The van der Waals surface area contributed by atoms with E-state index in [0.717, 1.165) is 12.1 Å². The Morgan fingerprint density at radius 3 is 2.67 bits per heavy atom. The van der Waals surface area contributed by atoms with E-state index in [1.165, 1.54) is 0 Å². The van der Waals surface area contributed by atoms with Crippen molar-refractivity contribution in [3.8, 4) is 5.75 Å². The molecular formula is C11H11BrF2O. The van der Waals surface area contributed by atoms with Crippen molar-refractivity contribution in [3.05, 3.63) is 40.9 Å². The minimum Gasteiger partial charge on any atom is -0.489 e. The maximum atomic E-state index is 12.9. The Bertz CT molecular complexity index is 366. The second-order valence-electron chi connectivity index (χ2n) is 3.15. The van der Waals surface area contributed by atoms with Crippen LogP contribution in [-0.4, -0.2) is 6.10 Å². The first-order chi connectivity index (χ1) is 7.04. The van der Waals surface area contributed by atoms with Crippen LogP contribution in [0.5, 0.6) is 5.75 Å². The number of hydrogen-bond acceptors (Lipinski definition) is 1. The van der Waals surface area contributed by atoms with Crippen molar-refractivity contribution in [1.29, 1.82) is 0 Å². The summed E-state index contributed by atoms with van der Waals surface area (Å²) in [5.41, 5.74) is 0. The molecule has 1 nitrogen and oxygen atoms in total. The molecule has 1 aromatic carbocycles. The molecule has 0 aliphatic heterocycles. The van der Waals surface area contributed by atoms with Gasteiger partial charge in [-0.3, -0.25) is 0 Å². The van der Waals surface area contributed by atoms with Gasteiger partial charge in [-0.05, 0) is 28.9 Å². The highest BCUT2D eigenvalue weighted by Crippen LogP contribution is 2.28. The lowest BCUT2D eigenvalue weighted by molar-refractivity contribution is 0.222. The molecule has 0 aromatic heterocycles. The lowest BCUT2D eigenvalue weighted by Crippen LogP contribution is -2.10. The van der Waals surface area contributed by atoms with E-state index in [0.29, 0.717) is 16.6 Å². The van der Waals surface area contributed by atoms with Gasteiger partial charge in [0, 0.05) is 12.5 Å². The molecule has 0 saturated carbocycles. The van der Waals surface area contributed by atoms with E-state index in [4.69, 9.17) is 4.74 Å². The van der Waals surface area contributed by atoms with Gasteiger partial charge in [0.1, 0.15) is 5.75 Å². The molecule has 1 atom stereocenters. The van der Waals surface area contributed by atoms with E-state index in [2.05, 4.69) is 22.5 Å². The van der Waals surface area contributed by atoms with Crippen LogP contribution in [0.15, 0.2) is 29.3 Å². The van der Waals surface area contributed by atoms with Crippen LogP contribution in [0.2, 0.25) is 0 Å². The van der Waals surface area contributed by atoms with Crippen LogP contribution in [0, 0.1) is 11.6 Å². The molecule has 1 aromatic rings. The first kappa shape index (κ1) is 12.2. The third-order valence-corrected chi connectivity index (χ3v) is 2.42. The predicted octanol–water partition coefficient (Wildman–Crippen LogP) is 4.07. The third kappa shape index (κ3) is 3.30. The summed E-state index contributed by atoms with van der Waals surface area (Å²) in [5, 5.41) is 0. The molecule has 15 heavy (non-hydrogen) atoms. The summed E-state index contributed by atoms with van der Waals surface area (Å²) in [4.78, 5) is 0. The van der Waals surface area contributed by atoms with Gasteiger partial charge in [-0.25, -0.2) is 8.78 Å². The number of ether oxygens (including phenoxy) is 1. The molecule has 0 spiro atoms. The third-order valence-electron chi connectivity index (χ3n) is 1.80. The molecule has 0 saturated heterocycles. The van der Waals surface area contributed by atoms with Gasteiger partial charge in [-0.15, -0.1) is 6.58 Å². The summed E-state index contributed by atoms with van der Waals surface area (Å²) in [6.45, 7) is 5.40. The van der Waals surface area contributed by atoms with Crippen molar-refractivity contribution in [1.82, 2.24) is 0 Å². The Hall–Kier alpha value is -0.900. The molecule has 0 fully saturated rings. The molecule has 0 bridgehead atoms. The van der Waals surface area contributed by atoms with Gasteiger partial charge in [0.05, 0.1) is 10.6 Å². The van der Waals surface area contributed by atoms with Crippen LogP contribution >= 0.6 is 15.9 Å². The Balaban J connectivity index is 2.85. The standard InChI is InChI=1S/C11H11BrF2O/c1-3-4-7(2)15-11-6-10(14)9(13)5-8(11)12/h3,5-7H,1,4H2,2H3/t7-/m1/s1. The molecule has 0 heterocycles. The van der Waals surface area contributed by atoms with Crippen molar-refractivity contribution >= 4 is 15.9 Å². The van der Waals surface area contributed by atoms with E-state index in [1.807, 2.05) is 6.92 Å². The molecule has 82 valence electrons. The Morgan fingerprint density at radius 1 is 1.47 bits per heavy atom. The minimum atomic E-state index is -0.918. The van der Waals surface area contributed by atoms with Crippen molar-refractivity contribution in [3.63, 3.8) is 0 Å². The molecule has 0 aliphatic carbocycles. The molecule has 0 unspecified atom stereocenters. The minimum absolute atomic E-state index is 0.122.